The average molecular weight is 230 g/mol. The van der Waals surface area contributed by atoms with Gasteiger partial charge in [-0.2, -0.15) is 0 Å². The summed E-state index contributed by atoms with van der Waals surface area (Å²) in [5, 5.41) is 0. The van der Waals surface area contributed by atoms with Gasteiger partial charge in [-0.15, -0.1) is 0 Å². The Morgan fingerprint density at radius 1 is 1.56 bits per heavy atom. The van der Waals surface area contributed by atoms with Crippen LogP contribution in [-0.4, -0.2) is 32.0 Å². The molecule has 0 aliphatic carbocycles. The molecule has 0 radical (unpaired) electrons. The number of hydrazine groups is 1. The summed E-state index contributed by atoms with van der Waals surface area (Å²) >= 11 is 0. The van der Waals surface area contributed by atoms with Crippen molar-refractivity contribution in [1.82, 2.24) is 5.43 Å². The van der Waals surface area contributed by atoms with E-state index in [2.05, 4.69) is 12.3 Å². The highest BCUT2D eigenvalue weighted by Crippen LogP contribution is 2.18. The van der Waals surface area contributed by atoms with Crippen LogP contribution in [0, 0.1) is 0 Å². The van der Waals surface area contributed by atoms with Crippen molar-refractivity contribution < 1.29 is 9.47 Å². The molecule has 0 aromatic carbocycles. The van der Waals surface area contributed by atoms with E-state index < -0.39 is 0 Å². The van der Waals surface area contributed by atoms with Crippen molar-refractivity contribution in [2.45, 2.75) is 57.6 Å². The van der Waals surface area contributed by atoms with Crippen molar-refractivity contribution in [1.29, 1.82) is 0 Å². The molecular formula is C12H26N2O2. The van der Waals surface area contributed by atoms with Crippen molar-refractivity contribution >= 4 is 0 Å². The highest BCUT2D eigenvalue weighted by Gasteiger charge is 2.15. The molecule has 0 amide bonds. The van der Waals surface area contributed by atoms with E-state index >= 15 is 0 Å². The summed E-state index contributed by atoms with van der Waals surface area (Å²) in [6.45, 7) is 4.60. The van der Waals surface area contributed by atoms with Crippen LogP contribution in [0.25, 0.3) is 0 Å². The fourth-order valence-corrected chi connectivity index (χ4v) is 2.05. The third-order valence-corrected chi connectivity index (χ3v) is 3.01. The van der Waals surface area contributed by atoms with Crippen LogP contribution < -0.4 is 11.3 Å². The van der Waals surface area contributed by atoms with E-state index in [1.807, 2.05) is 0 Å². The van der Waals surface area contributed by atoms with Crippen LogP contribution in [0.2, 0.25) is 0 Å². The Hall–Kier alpha value is -0.160. The number of nitrogens with two attached hydrogens (primary N) is 1. The summed E-state index contributed by atoms with van der Waals surface area (Å²) in [7, 11) is 0. The van der Waals surface area contributed by atoms with Crippen LogP contribution >= 0.6 is 0 Å². The number of rotatable bonds is 9. The molecule has 1 heterocycles. The molecule has 3 N–H and O–H groups in total. The number of nitrogens with one attached hydrogen (secondary N) is 1. The highest BCUT2D eigenvalue weighted by molar-refractivity contribution is 4.68. The lowest BCUT2D eigenvalue weighted by atomic mass is 10.1. The minimum atomic E-state index is 0.285. The minimum absolute atomic E-state index is 0.285. The predicted molar refractivity (Wildman–Crippen MR) is 65.0 cm³/mol. The molecule has 0 spiro atoms. The van der Waals surface area contributed by atoms with Crippen LogP contribution in [0.15, 0.2) is 0 Å². The molecular weight excluding hydrogens is 204 g/mol. The third-order valence-electron chi connectivity index (χ3n) is 3.01. The topological polar surface area (TPSA) is 56.5 Å². The Morgan fingerprint density at radius 3 is 3.06 bits per heavy atom. The first-order valence-electron chi connectivity index (χ1n) is 6.52. The molecule has 2 atom stereocenters. The molecule has 0 aromatic heterocycles. The van der Waals surface area contributed by atoms with E-state index in [1.54, 1.807) is 0 Å². The summed E-state index contributed by atoms with van der Waals surface area (Å²) < 4.78 is 11.1. The largest absolute Gasteiger partial charge is 0.380 e. The molecule has 1 rings (SSSR count). The van der Waals surface area contributed by atoms with E-state index in [9.17, 15) is 0 Å². The second-order valence-electron chi connectivity index (χ2n) is 4.50. The highest BCUT2D eigenvalue weighted by atomic mass is 16.5. The average Bonchev–Trinajstić information content (AvgIpc) is 2.80. The molecule has 0 bridgehead atoms. The Balaban J connectivity index is 1.99. The lowest BCUT2D eigenvalue weighted by Crippen LogP contribution is -2.38. The molecule has 4 heteroatoms. The van der Waals surface area contributed by atoms with E-state index in [1.165, 1.54) is 12.8 Å². The van der Waals surface area contributed by atoms with Crippen molar-refractivity contribution in [3.8, 4) is 0 Å². The maximum absolute atomic E-state index is 5.58. The second kappa shape index (κ2) is 8.93. The SMILES string of the molecule is CCCOCC(CCCC1CCCO1)NN. The lowest BCUT2D eigenvalue weighted by Gasteiger charge is -2.16. The molecule has 1 aliphatic heterocycles. The van der Waals surface area contributed by atoms with Gasteiger partial charge in [-0.05, 0) is 38.5 Å². The standard InChI is InChI=1S/C12H26N2O2/c1-2-8-15-10-11(14-13)5-3-6-12-7-4-9-16-12/h11-12,14H,2-10,13H2,1H3. The first kappa shape index (κ1) is 13.9. The van der Waals surface area contributed by atoms with E-state index in [0.717, 1.165) is 45.5 Å². The zero-order chi connectivity index (χ0) is 11.6. The summed E-state index contributed by atoms with van der Waals surface area (Å²) in [5.74, 6) is 5.49. The monoisotopic (exact) mass is 230 g/mol. The van der Waals surface area contributed by atoms with Gasteiger partial charge in [0.25, 0.3) is 0 Å². The van der Waals surface area contributed by atoms with Crippen molar-refractivity contribution in [3.63, 3.8) is 0 Å². The quantitative estimate of drug-likeness (QED) is 0.359. The van der Waals surface area contributed by atoms with Crippen molar-refractivity contribution in [2.75, 3.05) is 19.8 Å². The molecule has 16 heavy (non-hydrogen) atoms. The third kappa shape index (κ3) is 5.80. The first-order chi connectivity index (χ1) is 7.86. The van der Waals surface area contributed by atoms with E-state index in [4.69, 9.17) is 15.3 Å². The number of hydrogen-bond acceptors (Lipinski definition) is 4. The van der Waals surface area contributed by atoms with Gasteiger partial charge in [0.1, 0.15) is 0 Å². The maximum atomic E-state index is 5.58. The molecule has 96 valence electrons. The molecule has 1 fully saturated rings. The Bertz CT molecular complexity index is 161. The molecule has 1 aliphatic rings. The van der Waals surface area contributed by atoms with Crippen LogP contribution in [0.3, 0.4) is 0 Å². The lowest BCUT2D eigenvalue weighted by molar-refractivity contribution is 0.0923. The summed E-state index contributed by atoms with van der Waals surface area (Å²) in [6, 6.07) is 0.285. The summed E-state index contributed by atoms with van der Waals surface area (Å²) in [4.78, 5) is 0. The van der Waals surface area contributed by atoms with Gasteiger partial charge in [-0.1, -0.05) is 6.92 Å². The van der Waals surface area contributed by atoms with E-state index in [0.29, 0.717) is 6.10 Å². The number of ether oxygens (including phenoxy) is 2. The second-order valence-corrected chi connectivity index (χ2v) is 4.50. The van der Waals surface area contributed by atoms with E-state index in [-0.39, 0.29) is 6.04 Å². The molecule has 0 saturated carbocycles. The zero-order valence-corrected chi connectivity index (χ0v) is 10.4. The fourth-order valence-electron chi connectivity index (χ4n) is 2.05. The van der Waals surface area contributed by atoms with Gasteiger partial charge in [0, 0.05) is 19.3 Å². The van der Waals surface area contributed by atoms with Gasteiger partial charge in [0.2, 0.25) is 0 Å². The smallest absolute Gasteiger partial charge is 0.0633 e. The minimum Gasteiger partial charge on any atom is -0.380 e. The van der Waals surface area contributed by atoms with Gasteiger partial charge in [-0.25, -0.2) is 0 Å². The Kier molecular flexibility index (Phi) is 7.76. The molecule has 0 aromatic rings. The number of hydrogen-bond donors (Lipinski definition) is 2. The molecule has 2 unspecified atom stereocenters. The van der Waals surface area contributed by atoms with Crippen LogP contribution in [0.4, 0.5) is 0 Å². The van der Waals surface area contributed by atoms with Gasteiger partial charge < -0.3 is 9.47 Å². The maximum Gasteiger partial charge on any atom is 0.0633 e. The molecule has 4 nitrogen and oxygen atoms in total. The van der Waals surface area contributed by atoms with Crippen LogP contribution in [0.5, 0.6) is 0 Å². The van der Waals surface area contributed by atoms with Crippen LogP contribution in [-0.2, 0) is 9.47 Å². The van der Waals surface area contributed by atoms with Gasteiger partial charge >= 0.3 is 0 Å². The fraction of sp³-hybridized carbons (Fsp3) is 1.00. The summed E-state index contributed by atoms with van der Waals surface area (Å²) in [6.07, 6.45) is 7.40. The summed E-state index contributed by atoms with van der Waals surface area (Å²) in [5.41, 5.74) is 2.82. The normalized spacial score (nSPS) is 22.5. The van der Waals surface area contributed by atoms with Crippen molar-refractivity contribution in [2.24, 2.45) is 5.84 Å². The Morgan fingerprint density at radius 2 is 2.44 bits per heavy atom. The first-order valence-corrected chi connectivity index (χ1v) is 6.52. The molecule has 1 saturated heterocycles. The van der Waals surface area contributed by atoms with Gasteiger partial charge in [0.15, 0.2) is 0 Å². The van der Waals surface area contributed by atoms with Gasteiger partial charge in [0.05, 0.1) is 12.7 Å². The zero-order valence-electron chi connectivity index (χ0n) is 10.4. The van der Waals surface area contributed by atoms with Crippen molar-refractivity contribution in [3.05, 3.63) is 0 Å². The Labute approximate surface area is 98.8 Å². The van der Waals surface area contributed by atoms with Gasteiger partial charge in [-0.3, -0.25) is 11.3 Å². The predicted octanol–water partition coefficient (Wildman–Crippen LogP) is 1.59. The van der Waals surface area contributed by atoms with Crippen LogP contribution in [0.1, 0.15) is 45.4 Å².